The Balaban J connectivity index is 1.50. The molecule has 0 radical (unpaired) electrons. The van der Waals surface area contributed by atoms with Crippen molar-refractivity contribution in [1.29, 1.82) is 0 Å². The SMILES string of the molecule is CS(=O)(=O)N1CCCC(NC(=O)NCc2cn3ccsc3n2)C1. The number of nitrogens with one attached hydrogen (secondary N) is 2. The molecule has 0 aromatic carbocycles. The fourth-order valence-corrected chi connectivity index (χ4v) is 4.26. The molecule has 0 bridgehead atoms. The van der Waals surface area contributed by atoms with Crippen LogP contribution in [0.1, 0.15) is 18.5 Å². The van der Waals surface area contributed by atoms with Crippen LogP contribution in [0.5, 0.6) is 0 Å². The average Bonchev–Trinajstić information content (AvgIpc) is 3.05. The molecular formula is C13H19N5O3S2. The topological polar surface area (TPSA) is 95.8 Å². The number of hydrogen-bond acceptors (Lipinski definition) is 5. The quantitative estimate of drug-likeness (QED) is 0.838. The predicted molar refractivity (Wildman–Crippen MR) is 87.9 cm³/mol. The molecule has 1 aliphatic heterocycles. The van der Waals surface area contributed by atoms with Crippen molar-refractivity contribution >= 4 is 32.4 Å². The van der Waals surface area contributed by atoms with E-state index in [9.17, 15) is 13.2 Å². The fourth-order valence-electron chi connectivity index (χ4n) is 2.63. The molecular weight excluding hydrogens is 338 g/mol. The molecule has 2 N–H and O–H groups in total. The summed E-state index contributed by atoms with van der Waals surface area (Å²) in [6.45, 7) is 1.18. The summed E-state index contributed by atoms with van der Waals surface area (Å²) in [6, 6.07) is -0.467. The molecule has 126 valence electrons. The summed E-state index contributed by atoms with van der Waals surface area (Å²) >= 11 is 1.53. The number of amides is 2. The van der Waals surface area contributed by atoms with Crippen molar-refractivity contribution < 1.29 is 13.2 Å². The average molecular weight is 357 g/mol. The maximum absolute atomic E-state index is 12.0. The largest absolute Gasteiger partial charge is 0.334 e. The second-order valence-electron chi connectivity index (χ2n) is 5.61. The third-order valence-electron chi connectivity index (χ3n) is 3.76. The van der Waals surface area contributed by atoms with Gasteiger partial charge in [-0.3, -0.25) is 4.40 Å². The minimum Gasteiger partial charge on any atom is -0.334 e. The Kier molecular flexibility index (Phi) is 4.55. The molecule has 8 nitrogen and oxygen atoms in total. The van der Waals surface area contributed by atoms with Crippen molar-refractivity contribution in [3.05, 3.63) is 23.5 Å². The van der Waals surface area contributed by atoms with Gasteiger partial charge in [0.25, 0.3) is 0 Å². The number of hydrogen-bond donors (Lipinski definition) is 2. The standard InChI is InChI=1S/C13H19N5O3S2/c1-23(20,21)18-4-2-3-10(9-18)15-12(19)14-7-11-8-17-5-6-22-13(17)16-11/h5-6,8,10H,2-4,7,9H2,1H3,(H2,14,15,19). The van der Waals surface area contributed by atoms with Gasteiger partial charge in [0.2, 0.25) is 10.0 Å². The van der Waals surface area contributed by atoms with Crippen molar-refractivity contribution in [2.24, 2.45) is 0 Å². The number of imidazole rings is 1. The molecule has 1 aliphatic rings. The lowest BCUT2D eigenvalue weighted by Crippen LogP contribution is -2.51. The fraction of sp³-hybridized carbons (Fsp3) is 0.538. The third kappa shape index (κ3) is 4.01. The third-order valence-corrected chi connectivity index (χ3v) is 5.80. The van der Waals surface area contributed by atoms with Crippen LogP contribution in [0.15, 0.2) is 17.8 Å². The first-order chi connectivity index (χ1) is 10.9. The van der Waals surface area contributed by atoms with Gasteiger partial charge in [0, 0.05) is 36.9 Å². The van der Waals surface area contributed by atoms with Gasteiger partial charge in [0.1, 0.15) is 0 Å². The molecule has 1 atom stereocenters. The Morgan fingerprint density at radius 2 is 2.35 bits per heavy atom. The Hall–Kier alpha value is -1.65. The van der Waals surface area contributed by atoms with Crippen molar-refractivity contribution in [3.63, 3.8) is 0 Å². The summed E-state index contributed by atoms with van der Waals surface area (Å²) < 4.78 is 26.5. The van der Waals surface area contributed by atoms with E-state index < -0.39 is 10.0 Å². The van der Waals surface area contributed by atoms with Crippen LogP contribution in [0, 0.1) is 0 Å². The highest BCUT2D eigenvalue weighted by Gasteiger charge is 2.26. The van der Waals surface area contributed by atoms with Gasteiger partial charge in [-0.1, -0.05) is 0 Å². The minimum atomic E-state index is -3.21. The van der Waals surface area contributed by atoms with Crippen LogP contribution in [0.4, 0.5) is 4.79 Å². The van der Waals surface area contributed by atoms with E-state index >= 15 is 0 Å². The number of sulfonamides is 1. The van der Waals surface area contributed by atoms with E-state index in [2.05, 4.69) is 15.6 Å². The van der Waals surface area contributed by atoms with Gasteiger partial charge >= 0.3 is 6.03 Å². The van der Waals surface area contributed by atoms with Gasteiger partial charge in [0.05, 0.1) is 18.5 Å². The number of thiazole rings is 1. The van der Waals surface area contributed by atoms with E-state index in [1.54, 1.807) is 0 Å². The minimum absolute atomic E-state index is 0.163. The summed E-state index contributed by atoms with van der Waals surface area (Å²) in [7, 11) is -3.21. The van der Waals surface area contributed by atoms with Gasteiger partial charge in [0.15, 0.2) is 4.96 Å². The summed E-state index contributed by atoms with van der Waals surface area (Å²) in [5.41, 5.74) is 0.786. The molecule has 1 fully saturated rings. The highest BCUT2D eigenvalue weighted by atomic mass is 32.2. The summed E-state index contributed by atoms with van der Waals surface area (Å²) in [6.07, 6.45) is 6.51. The zero-order valence-electron chi connectivity index (χ0n) is 12.7. The van der Waals surface area contributed by atoms with E-state index in [0.717, 1.165) is 23.5 Å². The van der Waals surface area contributed by atoms with Crippen LogP contribution < -0.4 is 10.6 Å². The first-order valence-corrected chi connectivity index (χ1v) is 10.1. The van der Waals surface area contributed by atoms with Crippen LogP contribution in [-0.2, 0) is 16.6 Å². The Morgan fingerprint density at radius 3 is 3.09 bits per heavy atom. The van der Waals surface area contributed by atoms with Crippen molar-refractivity contribution in [2.45, 2.75) is 25.4 Å². The molecule has 1 saturated heterocycles. The summed E-state index contributed by atoms with van der Waals surface area (Å²) in [5, 5.41) is 7.54. The zero-order valence-corrected chi connectivity index (χ0v) is 14.4. The molecule has 0 aliphatic carbocycles. The first kappa shape index (κ1) is 16.2. The zero-order chi connectivity index (χ0) is 16.4. The molecule has 3 heterocycles. The maximum Gasteiger partial charge on any atom is 0.315 e. The van der Waals surface area contributed by atoms with Gasteiger partial charge in [-0.25, -0.2) is 22.5 Å². The smallest absolute Gasteiger partial charge is 0.315 e. The lowest BCUT2D eigenvalue weighted by atomic mass is 10.1. The van der Waals surface area contributed by atoms with Crippen molar-refractivity contribution in [2.75, 3.05) is 19.3 Å². The highest BCUT2D eigenvalue weighted by molar-refractivity contribution is 7.88. The molecule has 2 aromatic rings. The molecule has 2 amide bonds. The molecule has 23 heavy (non-hydrogen) atoms. The molecule has 0 saturated carbocycles. The number of carbonyl (C=O) groups excluding carboxylic acids is 1. The molecule has 3 rings (SSSR count). The summed E-state index contributed by atoms with van der Waals surface area (Å²) in [4.78, 5) is 17.2. The second kappa shape index (κ2) is 6.46. The van der Waals surface area contributed by atoms with E-state index in [1.807, 2.05) is 22.2 Å². The Labute approximate surface area is 138 Å². The molecule has 10 heteroatoms. The Bertz CT molecular complexity index is 769. The predicted octanol–water partition coefficient (Wildman–Crippen LogP) is 0.619. The lowest BCUT2D eigenvalue weighted by Gasteiger charge is -2.31. The highest BCUT2D eigenvalue weighted by Crippen LogP contribution is 2.13. The van der Waals surface area contributed by atoms with Crippen molar-refractivity contribution in [3.8, 4) is 0 Å². The van der Waals surface area contributed by atoms with Gasteiger partial charge in [-0.05, 0) is 12.8 Å². The van der Waals surface area contributed by atoms with Gasteiger partial charge in [-0.15, -0.1) is 11.3 Å². The molecule has 0 spiro atoms. The van der Waals surface area contributed by atoms with Gasteiger partial charge < -0.3 is 10.6 Å². The van der Waals surface area contributed by atoms with Gasteiger partial charge in [-0.2, -0.15) is 0 Å². The van der Waals surface area contributed by atoms with E-state index in [0.29, 0.717) is 19.6 Å². The number of aromatic nitrogens is 2. The van der Waals surface area contributed by atoms with Crippen LogP contribution in [0.25, 0.3) is 4.96 Å². The summed E-state index contributed by atoms with van der Waals surface area (Å²) in [5.74, 6) is 0. The number of nitrogens with zero attached hydrogens (tertiary/aromatic N) is 3. The number of piperidine rings is 1. The number of urea groups is 1. The van der Waals surface area contributed by atoms with Crippen LogP contribution in [0.3, 0.4) is 0 Å². The second-order valence-corrected chi connectivity index (χ2v) is 8.47. The lowest BCUT2D eigenvalue weighted by molar-refractivity contribution is 0.225. The van der Waals surface area contributed by atoms with Crippen LogP contribution in [-0.4, -0.2) is 53.5 Å². The monoisotopic (exact) mass is 357 g/mol. The maximum atomic E-state index is 12.0. The first-order valence-electron chi connectivity index (χ1n) is 7.32. The molecule has 2 aromatic heterocycles. The normalized spacial score (nSPS) is 19.8. The van der Waals surface area contributed by atoms with Crippen molar-refractivity contribution in [1.82, 2.24) is 24.3 Å². The van der Waals surface area contributed by atoms with E-state index in [4.69, 9.17) is 0 Å². The number of carbonyl (C=O) groups is 1. The van der Waals surface area contributed by atoms with E-state index in [-0.39, 0.29) is 12.1 Å². The number of rotatable bonds is 4. The van der Waals surface area contributed by atoms with Crippen LogP contribution >= 0.6 is 11.3 Å². The number of fused-ring (bicyclic) bond motifs is 1. The molecule has 1 unspecified atom stereocenters. The van der Waals surface area contributed by atoms with Crippen LogP contribution in [0.2, 0.25) is 0 Å². The van der Waals surface area contributed by atoms with E-state index in [1.165, 1.54) is 21.9 Å². The Morgan fingerprint density at radius 1 is 1.52 bits per heavy atom.